The second kappa shape index (κ2) is 8.75. The zero-order valence-electron chi connectivity index (χ0n) is 15.5. The fourth-order valence-electron chi connectivity index (χ4n) is 3.28. The molecule has 6 heteroatoms. The van der Waals surface area contributed by atoms with Gasteiger partial charge in [-0.05, 0) is 51.2 Å². The molecule has 2 N–H and O–H groups in total. The van der Waals surface area contributed by atoms with Crippen molar-refractivity contribution in [2.45, 2.75) is 51.6 Å². The van der Waals surface area contributed by atoms with E-state index in [0.717, 1.165) is 24.6 Å². The van der Waals surface area contributed by atoms with Gasteiger partial charge in [-0.3, -0.25) is 9.59 Å². The van der Waals surface area contributed by atoms with Crippen molar-refractivity contribution in [3.8, 4) is 5.75 Å². The van der Waals surface area contributed by atoms with Gasteiger partial charge >= 0.3 is 5.97 Å². The first-order chi connectivity index (χ1) is 13.0. The molecule has 2 aromatic rings. The Balaban J connectivity index is 1.46. The van der Waals surface area contributed by atoms with E-state index in [1.807, 2.05) is 0 Å². The average Bonchev–Trinajstić information content (AvgIpc) is 3.04. The minimum atomic E-state index is -0.847. The molecule has 1 aliphatic carbocycles. The van der Waals surface area contributed by atoms with E-state index >= 15 is 0 Å². The third-order valence-corrected chi connectivity index (χ3v) is 4.78. The Morgan fingerprint density at radius 3 is 2.96 bits per heavy atom. The highest BCUT2D eigenvalue weighted by Gasteiger charge is 2.19. The van der Waals surface area contributed by atoms with Gasteiger partial charge in [-0.15, -0.1) is 0 Å². The predicted octanol–water partition coefficient (Wildman–Crippen LogP) is 3.62. The van der Waals surface area contributed by atoms with Gasteiger partial charge in [-0.2, -0.15) is 0 Å². The molecular formula is C21H25NO5. The van der Waals surface area contributed by atoms with E-state index in [-0.39, 0.29) is 18.1 Å². The Hall–Kier alpha value is -2.76. The first-order valence-corrected chi connectivity index (χ1v) is 9.37. The highest BCUT2D eigenvalue weighted by atomic mass is 16.5. The van der Waals surface area contributed by atoms with Crippen LogP contribution in [0.3, 0.4) is 0 Å². The van der Waals surface area contributed by atoms with Crippen LogP contribution in [0.15, 0.2) is 40.5 Å². The molecule has 0 saturated heterocycles. The minimum Gasteiger partial charge on any atom is -0.508 e. The van der Waals surface area contributed by atoms with Crippen molar-refractivity contribution in [1.29, 1.82) is 0 Å². The second-order valence-corrected chi connectivity index (χ2v) is 6.90. The van der Waals surface area contributed by atoms with Crippen LogP contribution in [0, 0.1) is 0 Å². The smallest absolute Gasteiger partial charge is 0.311 e. The molecule has 27 heavy (non-hydrogen) atoms. The van der Waals surface area contributed by atoms with E-state index in [9.17, 15) is 14.7 Å². The van der Waals surface area contributed by atoms with E-state index in [4.69, 9.17) is 9.15 Å². The molecule has 1 atom stereocenters. The molecule has 1 aromatic carbocycles. The number of ether oxygens (including phenoxy) is 1. The number of benzene rings is 1. The molecule has 1 amide bonds. The van der Waals surface area contributed by atoms with Gasteiger partial charge in [0.25, 0.3) is 5.91 Å². The number of nitrogens with one attached hydrogen (secondary N) is 1. The number of furan rings is 1. The molecule has 1 aliphatic rings. The van der Waals surface area contributed by atoms with E-state index in [2.05, 4.69) is 11.4 Å². The summed E-state index contributed by atoms with van der Waals surface area (Å²) < 4.78 is 10.6. The Bertz CT molecular complexity index is 851. The Labute approximate surface area is 158 Å². The highest BCUT2D eigenvalue weighted by Crippen LogP contribution is 2.25. The molecular weight excluding hydrogens is 346 g/mol. The van der Waals surface area contributed by atoms with Crippen molar-refractivity contribution >= 4 is 22.8 Å². The maximum Gasteiger partial charge on any atom is 0.311 e. The third-order valence-electron chi connectivity index (χ3n) is 4.78. The van der Waals surface area contributed by atoms with Gasteiger partial charge in [0.15, 0.2) is 6.10 Å². The highest BCUT2D eigenvalue weighted by molar-refractivity contribution is 5.88. The first-order valence-electron chi connectivity index (χ1n) is 9.37. The molecule has 0 radical (unpaired) electrons. The number of rotatable bonds is 7. The SMILES string of the molecule is C[C@@H](OC(=O)Cc1coc2cc(O)ccc12)C(=O)NCCC1=CCCCC1. The third kappa shape index (κ3) is 5.12. The van der Waals surface area contributed by atoms with Crippen LogP contribution < -0.4 is 5.32 Å². The van der Waals surface area contributed by atoms with Gasteiger partial charge in [0.1, 0.15) is 11.3 Å². The summed E-state index contributed by atoms with van der Waals surface area (Å²) in [6.07, 6.45) is 8.42. The standard InChI is InChI=1S/C21H25NO5/c1-14(21(25)22-10-9-15-5-3-2-4-6-15)27-20(24)11-16-13-26-19-12-17(23)7-8-18(16)19/h5,7-8,12-14,23H,2-4,6,9-11H2,1H3,(H,22,25)/t14-/m1/s1. The average molecular weight is 371 g/mol. The van der Waals surface area contributed by atoms with Crippen LogP contribution in [0.2, 0.25) is 0 Å². The number of hydrogen-bond donors (Lipinski definition) is 2. The Morgan fingerprint density at radius 2 is 2.19 bits per heavy atom. The van der Waals surface area contributed by atoms with E-state index in [1.54, 1.807) is 13.0 Å². The molecule has 0 bridgehead atoms. The van der Waals surface area contributed by atoms with E-state index < -0.39 is 12.1 Å². The Morgan fingerprint density at radius 1 is 1.33 bits per heavy atom. The van der Waals surface area contributed by atoms with Crippen molar-refractivity contribution in [2.75, 3.05) is 6.54 Å². The number of esters is 1. The molecule has 3 rings (SSSR count). The van der Waals surface area contributed by atoms with Crippen LogP contribution in [0.4, 0.5) is 0 Å². The summed E-state index contributed by atoms with van der Waals surface area (Å²) in [5.74, 6) is -0.689. The second-order valence-electron chi connectivity index (χ2n) is 6.90. The van der Waals surface area contributed by atoms with Crippen LogP contribution in [0.1, 0.15) is 44.6 Å². The van der Waals surface area contributed by atoms with Crippen LogP contribution in [0.25, 0.3) is 11.0 Å². The van der Waals surface area contributed by atoms with Crippen LogP contribution in [-0.2, 0) is 20.7 Å². The summed E-state index contributed by atoms with van der Waals surface area (Å²) in [4.78, 5) is 24.3. The van der Waals surface area contributed by atoms with Crippen molar-refractivity contribution in [1.82, 2.24) is 5.32 Å². The molecule has 1 aromatic heterocycles. The number of hydrogen-bond acceptors (Lipinski definition) is 5. The maximum absolute atomic E-state index is 12.2. The molecule has 0 aliphatic heterocycles. The van der Waals surface area contributed by atoms with Gasteiger partial charge in [-0.25, -0.2) is 0 Å². The molecule has 6 nitrogen and oxygen atoms in total. The largest absolute Gasteiger partial charge is 0.508 e. The predicted molar refractivity (Wildman–Crippen MR) is 101 cm³/mol. The lowest BCUT2D eigenvalue weighted by Crippen LogP contribution is -2.36. The van der Waals surface area contributed by atoms with Gasteiger partial charge in [-0.1, -0.05) is 11.6 Å². The van der Waals surface area contributed by atoms with Crippen LogP contribution in [-0.4, -0.2) is 29.6 Å². The number of aromatic hydroxyl groups is 1. The summed E-state index contributed by atoms with van der Waals surface area (Å²) in [5.41, 5.74) is 2.55. The summed E-state index contributed by atoms with van der Waals surface area (Å²) in [5, 5.41) is 13.0. The fraction of sp³-hybridized carbons (Fsp3) is 0.429. The van der Waals surface area contributed by atoms with Crippen molar-refractivity contribution < 1.29 is 23.8 Å². The summed E-state index contributed by atoms with van der Waals surface area (Å²) in [7, 11) is 0. The lowest BCUT2D eigenvalue weighted by atomic mass is 9.97. The summed E-state index contributed by atoms with van der Waals surface area (Å²) in [6, 6.07) is 4.71. The zero-order valence-corrected chi connectivity index (χ0v) is 15.5. The number of phenols is 1. The van der Waals surface area contributed by atoms with Crippen molar-refractivity contribution in [3.05, 3.63) is 41.7 Å². The zero-order chi connectivity index (χ0) is 19.2. The van der Waals surface area contributed by atoms with E-state index in [0.29, 0.717) is 17.7 Å². The van der Waals surface area contributed by atoms with Crippen molar-refractivity contribution in [2.24, 2.45) is 0 Å². The lowest BCUT2D eigenvalue weighted by molar-refractivity contribution is -0.154. The van der Waals surface area contributed by atoms with Crippen molar-refractivity contribution in [3.63, 3.8) is 0 Å². The summed E-state index contributed by atoms with van der Waals surface area (Å²) >= 11 is 0. The Kier molecular flexibility index (Phi) is 6.16. The number of carbonyl (C=O) groups is 2. The number of phenolic OH excluding ortho intramolecular Hbond substituents is 1. The quantitative estimate of drug-likeness (QED) is 0.573. The number of carbonyl (C=O) groups excluding carboxylic acids is 2. The normalized spacial score (nSPS) is 15.2. The van der Waals surface area contributed by atoms with Gasteiger partial charge in [0.05, 0.1) is 12.7 Å². The van der Waals surface area contributed by atoms with Crippen LogP contribution >= 0.6 is 0 Å². The van der Waals surface area contributed by atoms with Crippen LogP contribution in [0.5, 0.6) is 5.75 Å². The molecule has 1 heterocycles. The van der Waals surface area contributed by atoms with Gasteiger partial charge in [0.2, 0.25) is 0 Å². The maximum atomic E-state index is 12.2. The van der Waals surface area contributed by atoms with Gasteiger partial charge < -0.3 is 19.6 Å². The number of allylic oxidation sites excluding steroid dienone is 1. The molecule has 0 unspecified atom stereocenters. The number of fused-ring (bicyclic) bond motifs is 1. The van der Waals surface area contributed by atoms with E-state index in [1.165, 1.54) is 36.8 Å². The monoisotopic (exact) mass is 371 g/mol. The lowest BCUT2D eigenvalue weighted by Gasteiger charge is -2.15. The summed E-state index contributed by atoms with van der Waals surface area (Å²) in [6.45, 7) is 2.13. The fourth-order valence-corrected chi connectivity index (χ4v) is 3.28. The molecule has 0 spiro atoms. The molecule has 0 fully saturated rings. The molecule has 144 valence electrons. The van der Waals surface area contributed by atoms with Gasteiger partial charge in [0, 0.05) is 23.6 Å². The number of amides is 1. The minimum absolute atomic E-state index is 0.00226. The molecule has 0 saturated carbocycles. The topological polar surface area (TPSA) is 88.8 Å². The first kappa shape index (κ1) is 19.0.